The van der Waals surface area contributed by atoms with Crippen LogP contribution in [0, 0.1) is 0 Å². The first-order chi connectivity index (χ1) is 5.65. The number of benzene rings is 1. The van der Waals surface area contributed by atoms with Crippen molar-refractivity contribution < 1.29 is 4.79 Å². The first-order valence-corrected chi connectivity index (χ1v) is 4.52. The van der Waals surface area contributed by atoms with Crippen molar-refractivity contribution in [3.8, 4) is 0 Å². The normalized spacial score (nSPS) is 9.83. The van der Waals surface area contributed by atoms with Crippen LogP contribution in [0.4, 0.5) is 5.69 Å². The number of rotatable bonds is 2. The molecule has 12 heavy (non-hydrogen) atoms. The highest BCUT2D eigenvalue weighted by molar-refractivity contribution is 9.10. The van der Waals surface area contributed by atoms with Gasteiger partial charge in [-0.15, -0.1) is 0 Å². The summed E-state index contributed by atoms with van der Waals surface area (Å²) in [6.45, 7) is 1.84. The van der Waals surface area contributed by atoms with Crippen LogP contribution in [0.5, 0.6) is 0 Å². The van der Waals surface area contributed by atoms with Gasteiger partial charge in [-0.3, -0.25) is 4.79 Å². The fourth-order valence-corrected chi connectivity index (χ4v) is 1.57. The molecule has 0 amide bonds. The van der Waals surface area contributed by atoms with Crippen LogP contribution >= 0.6 is 15.9 Å². The van der Waals surface area contributed by atoms with Crippen LogP contribution < -0.4 is 5.73 Å². The maximum absolute atomic E-state index is 11.3. The fourth-order valence-electron chi connectivity index (χ4n) is 0.948. The van der Waals surface area contributed by atoms with E-state index in [-0.39, 0.29) is 5.78 Å². The summed E-state index contributed by atoms with van der Waals surface area (Å²) in [6.07, 6.45) is 0.516. The molecular formula is C9H10BrNO. The average Bonchev–Trinajstić information content (AvgIpc) is 2.03. The number of anilines is 1. The minimum absolute atomic E-state index is 0.127. The number of hydrogen-bond acceptors (Lipinski definition) is 2. The Morgan fingerprint density at radius 1 is 1.58 bits per heavy atom. The van der Waals surface area contributed by atoms with Gasteiger partial charge in [-0.2, -0.15) is 0 Å². The van der Waals surface area contributed by atoms with E-state index in [4.69, 9.17) is 5.73 Å². The van der Waals surface area contributed by atoms with Crippen LogP contribution in [0.1, 0.15) is 23.7 Å². The molecule has 0 aliphatic rings. The molecule has 0 aliphatic carbocycles. The Labute approximate surface area is 79.9 Å². The van der Waals surface area contributed by atoms with Gasteiger partial charge in [0.25, 0.3) is 0 Å². The molecule has 0 atom stereocenters. The molecule has 0 bridgehead atoms. The number of hydrogen-bond donors (Lipinski definition) is 1. The van der Waals surface area contributed by atoms with Gasteiger partial charge in [0, 0.05) is 22.1 Å². The van der Waals surface area contributed by atoms with E-state index in [9.17, 15) is 4.79 Å². The molecule has 1 aromatic rings. The van der Waals surface area contributed by atoms with Gasteiger partial charge in [-0.05, 0) is 34.1 Å². The van der Waals surface area contributed by atoms with Gasteiger partial charge < -0.3 is 5.73 Å². The second-order valence-corrected chi connectivity index (χ2v) is 3.37. The quantitative estimate of drug-likeness (QED) is 0.624. The smallest absolute Gasteiger partial charge is 0.163 e. The van der Waals surface area contributed by atoms with Crippen LogP contribution in [0.3, 0.4) is 0 Å². The topological polar surface area (TPSA) is 43.1 Å². The Morgan fingerprint density at radius 3 is 2.75 bits per heavy atom. The lowest BCUT2D eigenvalue weighted by molar-refractivity contribution is 0.0987. The van der Waals surface area contributed by atoms with Crippen molar-refractivity contribution in [2.45, 2.75) is 13.3 Å². The number of carbonyl (C=O) groups is 1. The Balaban J connectivity index is 3.09. The number of nitrogens with two attached hydrogens (primary N) is 1. The zero-order valence-electron chi connectivity index (χ0n) is 6.80. The van der Waals surface area contributed by atoms with Crippen LogP contribution in [0.25, 0.3) is 0 Å². The molecule has 2 N–H and O–H groups in total. The molecule has 0 aromatic heterocycles. The van der Waals surface area contributed by atoms with Crippen molar-refractivity contribution >= 4 is 27.4 Å². The minimum Gasteiger partial charge on any atom is -0.399 e. The third-order valence-corrected chi connectivity index (χ3v) is 2.27. The molecule has 0 unspecified atom stereocenters. The maximum atomic E-state index is 11.3. The van der Waals surface area contributed by atoms with Gasteiger partial charge in [-0.25, -0.2) is 0 Å². The first kappa shape index (κ1) is 9.26. The summed E-state index contributed by atoms with van der Waals surface area (Å²) in [5.41, 5.74) is 6.89. The van der Waals surface area contributed by atoms with E-state index in [1.54, 1.807) is 18.2 Å². The van der Waals surface area contributed by atoms with Crippen molar-refractivity contribution in [2.24, 2.45) is 0 Å². The number of Topliss-reactive ketones (excluding diaryl/α,β-unsaturated/α-hetero) is 1. The third-order valence-electron chi connectivity index (χ3n) is 1.61. The van der Waals surface area contributed by atoms with E-state index >= 15 is 0 Å². The number of carbonyl (C=O) groups excluding carboxylic acids is 1. The van der Waals surface area contributed by atoms with Gasteiger partial charge in [0.15, 0.2) is 5.78 Å². The van der Waals surface area contributed by atoms with Crippen molar-refractivity contribution in [2.75, 3.05) is 5.73 Å². The van der Waals surface area contributed by atoms with Gasteiger partial charge in [-0.1, -0.05) is 6.92 Å². The Kier molecular flexibility index (Phi) is 2.87. The van der Waals surface area contributed by atoms with Crippen molar-refractivity contribution in [1.82, 2.24) is 0 Å². The van der Waals surface area contributed by atoms with E-state index < -0.39 is 0 Å². The van der Waals surface area contributed by atoms with E-state index in [0.717, 1.165) is 4.47 Å². The molecule has 0 saturated heterocycles. The lowest BCUT2D eigenvalue weighted by Crippen LogP contribution is -1.98. The second-order valence-electron chi connectivity index (χ2n) is 2.52. The summed E-state index contributed by atoms with van der Waals surface area (Å²) in [5, 5.41) is 0. The molecule has 0 fully saturated rings. The van der Waals surface area contributed by atoms with E-state index in [0.29, 0.717) is 17.7 Å². The van der Waals surface area contributed by atoms with Crippen molar-refractivity contribution in [1.29, 1.82) is 0 Å². The van der Waals surface area contributed by atoms with Crippen LogP contribution in [-0.2, 0) is 0 Å². The average molecular weight is 228 g/mol. The van der Waals surface area contributed by atoms with Gasteiger partial charge in [0.05, 0.1) is 0 Å². The summed E-state index contributed by atoms with van der Waals surface area (Å²) in [5.74, 6) is 0.127. The van der Waals surface area contributed by atoms with Crippen LogP contribution in [0.2, 0.25) is 0 Å². The molecule has 0 radical (unpaired) electrons. The largest absolute Gasteiger partial charge is 0.399 e. The van der Waals surface area contributed by atoms with Crippen LogP contribution in [0.15, 0.2) is 22.7 Å². The molecule has 2 nitrogen and oxygen atoms in total. The van der Waals surface area contributed by atoms with Gasteiger partial charge in [0.2, 0.25) is 0 Å². The molecular weight excluding hydrogens is 218 g/mol. The number of ketones is 1. The lowest BCUT2D eigenvalue weighted by atomic mass is 10.1. The lowest BCUT2D eigenvalue weighted by Gasteiger charge is -2.01. The third kappa shape index (κ3) is 1.85. The molecule has 1 rings (SSSR count). The predicted octanol–water partition coefficient (Wildman–Crippen LogP) is 2.62. The highest BCUT2D eigenvalue weighted by Crippen LogP contribution is 2.20. The van der Waals surface area contributed by atoms with E-state index in [1.807, 2.05) is 6.92 Å². The number of nitrogen functional groups attached to an aromatic ring is 1. The fraction of sp³-hybridized carbons (Fsp3) is 0.222. The summed E-state index contributed by atoms with van der Waals surface area (Å²) in [6, 6.07) is 5.21. The van der Waals surface area contributed by atoms with Crippen molar-refractivity contribution in [3.05, 3.63) is 28.2 Å². The van der Waals surface area contributed by atoms with Gasteiger partial charge >= 0.3 is 0 Å². The molecule has 1 aromatic carbocycles. The van der Waals surface area contributed by atoms with Crippen molar-refractivity contribution in [3.63, 3.8) is 0 Å². The highest BCUT2D eigenvalue weighted by atomic mass is 79.9. The monoisotopic (exact) mass is 227 g/mol. The van der Waals surface area contributed by atoms with E-state index in [1.165, 1.54) is 0 Å². The minimum atomic E-state index is 0.127. The highest BCUT2D eigenvalue weighted by Gasteiger charge is 2.06. The molecule has 3 heteroatoms. The maximum Gasteiger partial charge on any atom is 0.163 e. The summed E-state index contributed by atoms with van der Waals surface area (Å²) >= 11 is 3.29. The van der Waals surface area contributed by atoms with E-state index in [2.05, 4.69) is 15.9 Å². The Morgan fingerprint density at radius 2 is 2.25 bits per heavy atom. The standard InChI is InChI=1S/C9H10BrNO/c1-2-9(12)7-4-3-6(11)5-8(7)10/h3-5H,2,11H2,1H3. The molecule has 64 valence electrons. The van der Waals surface area contributed by atoms with Crippen LogP contribution in [-0.4, -0.2) is 5.78 Å². The Bertz CT molecular complexity index is 309. The predicted molar refractivity (Wildman–Crippen MR) is 53.2 cm³/mol. The van der Waals surface area contributed by atoms with Gasteiger partial charge in [0.1, 0.15) is 0 Å². The summed E-state index contributed by atoms with van der Waals surface area (Å²) in [4.78, 5) is 11.3. The summed E-state index contributed by atoms with van der Waals surface area (Å²) < 4.78 is 0.773. The zero-order chi connectivity index (χ0) is 9.14. The molecule has 0 spiro atoms. The summed E-state index contributed by atoms with van der Waals surface area (Å²) in [7, 11) is 0. The number of halogens is 1. The molecule has 0 saturated carbocycles. The SMILES string of the molecule is CCC(=O)c1ccc(N)cc1Br. The second kappa shape index (κ2) is 3.72. The molecule has 0 aliphatic heterocycles. The Hall–Kier alpha value is -0.830. The molecule has 0 heterocycles. The first-order valence-electron chi connectivity index (χ1n) is 3.73. The zero-order valence-corrected chi connectivity index (χ0v) is 8.39.